The summed E-state index contributed by atoms with van der Waals surface area (Å²) in [5.74, 6) is 0.127. The molecular formula is C13H25N3O3S2. The minimum atomic E-state index is -2.96. The zero-order valence-corrected chi connectivity index (χ0v) is 15.0. The smallest absolute Gasteiger partial charge is 0.185 e. The first-order valence-electron chi connectivity index (χ1n) is 6.82. The molecule has 0 bridgehead atoms. The molecule has 0 saturated heterocycles. The van der Waals surface area contributed by atoms with Crippen LogP contribution in [-0.2, 0) is 27.7 Å². The maximum atomic E-state index is 11.2. The molecule has 0 spiro atoms. The van der Waals surface area contributed by atoms with Crippen LogP contribution < -0.4 is 10.2 Å². The van der Waals surface area contributed by atoms with Gasteiger partial charge in [-0.2, -0.15) is 0 Å². The third kappa shape index (κ3) is 6.73. The number of nitrogens with one attached hydrogen (secondary N) is 1. The summed E-state index contributed by atoms with van der Waals surface area (Å²) in [6, 6.07) is 0.397. The topological polar surface area (TPSA) is 71.5 Å². The molecular weight excluding hydrogens is 310 g/mol. The van der Waals surface area contributed by atoms with Crippen molar-refractivity contribution in [2.45, 2.75) is 33.0 Å². The van der Waals surface area contributed by atoms with Crippen molar-refractivity contribution in [3.63, 3.8) is 0 Å². The molecule has 1 rings (SSSR count). The molecule has 0 aliphatic carbocycles. The fraction of sp³-hybridized carbons (Fsp3) is 0.769. The molecule has 1 aromatic rings. The van der Waals surface area contributed by atoms with Crippen LogP contribution >= 0.6 is 11.3 Å². The van der Waals surface area contributed by atoms with E-state index >= 15 is 0 Å². The van der Waals surface area contributed by atoms with Crippen molar-refractivity contribution in [3.8, 4) is 0 Å². The molecule has 0 aliphatic rings. The second kappa shape index (κ2) is 8.07. The molecule has 0 amide bonds. The number of thiazole rings is 1. The molecule has 0 atom stereocenters. The van der Waals surface area contributed by atoms with Gasteiger partial charge in [0, 0.05) is 44.4 Å². The summed E-state index contributed by atoms with van der Waals surface area (Å²) in [5, 5.41) is 4.19. The number of aromatic nitrogens is 1. The number of anilines is 1. The van der Waals surface area contributed by atoms with Crippen molar-refractivity contribution in [1.82, 2.24) is 10.3 Å². The van der Waals surface area contributed by atoms with E-state index in [0.717, 1.165) is 22.2 Å². The van der Waals surface area contributed by atoms with E-state index in [1.54, 1.807) is 18.4 Å². The van der Waals surface area contributed by atoms with Gasteiger partial charge in [0.05, 0.1) is 18.1 Å². The highest BCUT2D eigenvalue weighted by Gasteiger charge is 2.15. The molecule has 1 heterocycles. The normalized spacial score (nSPS) is 12.1. The Morgan fingerprint density at radius 2 is 2.10 bits per heavy atom. The molecule has 122 valence electrons. The molecule has 6 nitrogen and oxygen atoms in total. The number of sulfone groups is 1. The average molecular weight is 335 g/mol. The van der Waals surface area contributed by atoms with Crippen LogP contribution in [0.25, 0.3) is 0 Å². The first-order valence-corrected chi connectivity index (χ1v) is 9.70. The van der Waals surface area contributed by atoms with Gasteiger partial charge >= 0.3 is 0 Å². The summed E-state index contributed by atoms with van der Waals surface area (Å²) < 4.78 is 27.7. The highest BCUT2D eigenvalue weighted by molar-refractivity contribution is 7.90. The van der Waals surface area contributed by atoms with E-state index in [9.17, 15) is 8.42 Å². The molecule has 0 unspecified atom stereocenters. The van der Waals surface area contributed by atoms with E-state index in [-0.39, 0.29) is 5.75 Å². The Hall–Kier alpha value is -0.700. The number of hydrogen-bond acceptors (Lipinski definition) is 7. The first kappa shape index (κ1) is 18.3. The second-order valence-corrected chi connectivity index (χ2v) is 8.71. The van der Waals surface area contributed by atoms with E-state index in [4.69, 9.17) is 4.74 Å². The lowest BCUT2D eigenvalue weighted by Gasteiger charge is -2.14. The van der Waals surface area contributed by atoms with Crippen LogP contribution in [0.3, 0.4) is 0 Å². The molecule has 0 radical (unpaired) electrons. The lowest BCUT2D eigenvalue weighted by atomic mass is 10.3. The molecule has 0 aliphatic heterocycles. The van der Waals surface area contributed by atoms with Crippen molar-refractivity contribution in [3.05, 3.63) is 10.6 Å². The molecule has 1 aromatic heterocycles. The molecule has 8 heteroatoms. The summed E-state index contributed by atoms with van der Waals surface area (Å²) in [5.41, 5.74) is 0.914. The van der Waals surface area contributed by atoms with Gasteiger partial charge in [-0.1, -0.05) is 13.8 Å². The summed E-state index contributed by atoms with van der Waals surface area (Å²) >= 11 is 1.58. The van der Waals surface area contributed by atoms with Crippen LogP contribution in [0.2, 0.25) is 0 Å². The van der Waals surface area contributed by atoms with Gasteiger partial charge in [-0.3, -0.25) is 0 Å². The van der Waals surface area contributed by atoms with Gasteiger partial charge in [0.25, 0.3) is 0 Å². The van der Waals surface area contributed by atoms with Crippen LogP contribution in [0.5, 0.6) is 0 Å². The number of nitrogens with zero attached hydrogens (tertiary/aromatic N) is 2. The fourth-order valence-electron chi connectivity index (χ4n) is 1.62. The van der Waals surface area contributed by atoms with Crippen molar-refractivity contribution < 1.29 is 13.2 Å². The van der Waals surface area contributed by atoms with E-state index in [2.05, 4.69) is 24.1 Å². The van der Waals surface area contributed by atoms with E-state index < -0.39 is 9.84 Å². The van der Waals surface area contributed by atoms with Crippen LogP contribution in [0.4, 0.5) is 5.13 Å². The molecule has 21 heavy (non-hydrogen) atoms. The van der Waals surface area contributed by atoms with Crippen molar-refractivity contribution in [2.75, 3.05) is 37.6 Å². The van der Waals surface area contributed by atoms with Gasteiger partial charge in [-0.25, -0.2) is 13.4 Å². The lowest BCUT2D eigenvalue weighted by molar-refractivity contribution is 0.181. The zero-order chi connectivity index (χ0) is 16.0. The van der Waals surface area contributed by atoms with Gasteiger partial charge in [0.15, 0.2) is 5.13 Å². The minimum Gasteiger partial charge on any atom is -0.378 e. The standard InChI is InChI=1S/C13H25N3O3S2/c1-10(2)14-8-12-11(9-19-4)15-13(20-12)16(3)6-7-21(5,17)18/h10,14H,6-9H2,1-5H3. The van der Waals surface area contributed by atoms with Gasteiger partial charge in [0.1, 0.15) is 9.84 Å². The highest BCUT2D eigenvalue weighted by atomic mass is 32.2. The summed E-state index contributed by atoms with van der Waals surface area (Å²) in [7, 11) is 0.542. The van der Waals surface area contributed by atoms with Crippen LogP contribution in [0, 0.1) is 0 Å². The lowest BCUT2D eigenvalue weighted by Crippen LogP contribution is -2.24. The SMILES string of the molecule is COCc1nc(N(C)CCS(C)(=O)=O)sc1CNC(C)C. The second-order valence-electron chi connectivity index (χ2n) is 5.39. The van der Waals surface area contributed by atoms with Crippen LogP contribution in [0.1, 0.15) is 24.4 Å². The Morgan fingerprint density at radius 3 is 2.62 bits per heavy atom. The molecule has 0 aromatic carbocycles. The molecule has 1 N–H and O–H groups in total. The van der Waals surface area contributed by atoms with Gasteiger partial charge in [0.2, 0.25) is 0 Å². The largest absolute Gasteiger partial charge is 0.378 e. The Labute approximate surface area is 131 Å². The van der Waals surface area contributed by atoms with Gasteiger partial charge in [-0.05, 0) is 0 Å². The Morgan fingerprint density at radius 1 is 1.43 bits per heavy atom. The summed E-state index contributed by atoms with van der Waals surface area (Å²) in [6.45, 7) is 5.83. The van der Waals surface area contributed by atoms with E-state index in [1.807, 2.05) is 11.9 Å². The third-order valence-corrected chi connectivity index (χ3v) is 4.98. The fourth-order valence-corrected chi connectivity index (χ4v) is 3.22. The van der Waals surface area contributed by atoms with Crippen molar-refractivity contribution in [2.24, 2.45) is 0 Å². The predicted molar refractivity (Wildman–Crippen MR) is 87.8 cm³/mol. The van der Waals surface area contributed by atoms with E-state index in [0.29, 0.717) is 19.2 Å². The Balaban J connectivity index is 2.80. The van der Waals surface area contributed by atoms with Crippen molar-refractivity contribution >= 4 is 26.3 Å². The number of methoxy groups -OCH3 is 1. The first-order chi connectivity index (χ1) is 9.73. The Kier molecular flexibility index (Phi) is 7.05. The molecule has 0 fully saturated rings. The summed E-state index contributed by atoms with van der Waals surface area (Å²) in [6.07, 6.45) is 1.25. The van der Waals surface area contributed by atoms with Gasteiger partial charge in [-0.15, -0.1) is 11.3 Å². The number of rotatable bonds is 9. The monoisotopic (exact) mass is 335 g/mol. The zero-order valence-electron chi connectivity index (χ0n) is 13.3. The number of hydrogen-bond donors (Lipinski definition) is 1. The molecule has 0 saturated carbocycles. The van der Waals surface area contributed by atoms with Crippen LogP contribution in [0.15, 0.2) is 0 Å². The highest BCUT2D eigenvalue weighted by Crippen LogP contribution is 2.26. The third-order valence-electron chi connectivity index (χ3n) is 2.84. The average Bonchev–Trinajstić information content (AvgIpc) is 2.76. The Bertz CT molecular complexity index is 541. The predicted octanol–water partition coefficient (Wildman–Crippen LogP) is 1.27. The van der Waals surface area contributed by atoms with Gasteiger partial charge < -0.3 is 15.0 Å². The number of ether oxygens (including phenoxy) is 1. The maximum absolute atomic E-state index is 11.2. The van der Waals surface area contributed by atoms with E-state index in [1.165, 1.54) is 6.26 Å². The quantitative estimate of drug-likeness (QED) is 0.733. The van der Waals surface area contributed by atoms with Crippen molar-refractivity contribution in [1.29, 1.82) is 0 Å². The summed E-state index contributed by atoms with van der Waals surface area (Å²) in [4.78, 5) is 7.57. The minimum absolute atomic E-state index is 0.127. The van der Waals surface area contributed by atoms with Crippen LogP contribution in [-0.4, -0.2) is 52.2 Å². The maximum Gasteiger partial charge on any atom is 0.185 e.